The average molecular weight is 359 g/mol. The average Bonchev–Trinajstić information content (AvgIpc) is 2.93. The summed E-state index contributed by atoms with van der Waals surface area (Å²) >= 11 is 6.81. The summed E-state index contributed by atoms with van der Waals surface area (Å²) in [4.78, 5) is 0. The molecule has 0 amide bonds. The Hall–Kier alpha value is -1.24. The summed E-state index contributed by atoms with van der Waals surface area (Å²) in [5.74, 6) is 0. The van der Waals surface area contributed by atoms with Crippen molar-refractivity contribution in [3.05, 3.63) is 40.7 Å². The van der Waals surface area contributed by atoms with E-state index in [1.54, 1.807) is 18.2 Å². The molecule has 2 rings (SSSR count). The number of halogens is 1. The van der Waals surface area contributed by atoms with Crippen molar-refractivity contribution >= 4 is 44.3 Å². The molecule has 22 heavy (non-hydrogen) atoms. The highest BCUT2D eigenvalue weighted by atomic mass is 35.5. The first-order chi connectivity index (χ1) is 10.5. The Morgan fingerprint density at radius 3 is 2.32 bits per heavy atom. The number of rotatable bonds is 8. The van der Waals surface area contributed by atoms with Crippen LogP contribution in [0.1, 0.15) is 26.2 Å². The molecular weight excluding hydrogens is 340 g/mol. The van der Waals surface area contributed by atoms with Gasteiger partial charge in [-0.15, -0.1) is 11.3 Å². The molecule has 0 saturated carbocycles. The summed E-state index contributed by atoms with van der Waals surface area (Å²) in [6.07, 6.45) is 3.52. The van der Waals surface area contributed by atoms with E-state index < -0.39 is 10.0 Å². The molecule has 120 valence electrons. The molecular formula is C15H19ClN2O2S2. The zero-order valence-corrected chi connectivity index (χ0v) is 14.7. The molecule has 1 aromatic carbocycles. The number of hydrogen-bond donors (Lipinski definition) is 2. The molecule has 0 spiro atoms. The number of thiophene rings is 1. The maximum atomic E-state index is 12.2. The van der Waals surface area contributed by atoms with Crippen LogP contribution in [0.4, 0.5) is 11.4 Å². The zero-order valence-electron chi connectivity index (χ0n) is 12.3. The van der Waals surface area contributed by atoms with E-state index in [4.69, 9.17) is 11.6 Å². The van der Waals surface area contributed by atoms with Gasteiger partial charge < -0.3 is 5.32 Å². The molecule has 0 aliphatic carbocycles. The SMILES string of the molecule is CCCCCNc1ccc(NS(=O)(=O)c2ccc(Cl)s2)cc1. The third-order valence-electron chi connectivity index (χ3n) is 3.06. The summed E-state index contributed by atoms with van der Waals surface area (Å²) in [6.45, 7) is 3.09. The molecule has 2 N–H and O–H groups in total. The van der Waals surface area contributed by atoms with Gasteiger partial charge in [-0.2, -0.15) is 0 Å². The molecule has 0 atom stereocenters. The number of nitrogens with one attached hydrogen (secondary N) is 2. The van der Waals surface area contributed by atoms with Gasteiger partial charge in [-0.1, -0.05) is 31.4 Å². The number of sulfonamides is 1. The molecule has 0 aliphatic heterocycles. The van der Waals surface area contributed by atoms with Gasteiger partial charge in [0.1, 0.15) is 4.21 Å². The fourth-order valence-electron chi connectivity index (χ4n) is 1.91. The van der Waals surface area contributed by atoms with Crippen LogP contribution in [0.3, 0.4) is 0 Å². The Morgan fingerprint density at radius 2 is 1.73 bits per heavy atom. The molecule has 0 fully saturated rings. The van der Waals surface area contributed by atoms with Crippen LogP contribution < -0.4 is 10.0 Å². The lowest BCUT2D eigenvalue weighted by Crippen LogP contribution is -2.11. The quantitative estimate of drug-likeness (QED) is 0.666. The lowest BCUT2D eigenvalue weighted by molar-refractivity contribution is 0.603. The summed E-state index contributed by atoms with van der Waals surface area (Å²) in [6, 6.07) is 10.3. The highest BCUT2D eigenvalue weighted by Gasteiger charge is 2.16. The van der Waals surface area contributed by atoms with Crippen LogP contribution in [0, 0.1) is 0 Å². The van der Waals surface area contributed by atoms with E-state index in [2.05, 4.69) is 17.0 Å². The normalized spacial score (nSPS) is 11.4. The Labute approximate surface area is 140 Å². The molecule has 0 saturated heterocycles. The summed E-state index contributed by atoms with van der Waals surface area (Å²) in [5.41, 5.74) is 1.52. The zero-order chi connectivity index (χ0) is 16.0. The van der Waals surface area contributed by atoms with E-state index in [-0.39, 0.29) is 4.21 Å². The van der Waals surface area contributed by atoms with Gasteiger partial charge in [0.25, 0.3) is 10.0 Å². The topological polar surface area (TPSA) is 58.2 Å². The highest BCUT2D eigenvalue weighted by molar-refractivity contribution is 7.94. The van der Waals surface area contributed by atoms with Gasteiger partial charge in [0.15, 0.2) is 0 Å². The minimum atomic E-state index is -3.57. The van der Waals surface area contributed by atoms with E-state index in [0.29, 0.717) is 10.0 Å². The molecule has 0 aliphatic rings. The first-order valence-corrected chi connectivity index (χ1v) is 9.81. The van der Waals surface area contributed by atoms with E-state index >= 15 is 0 Å². The van der Waals surface area contributed by atoms with Gasteiger partial charge in [0, 0.05) is 17.9 Å². The monoisotopic (exact) mass is 358 g/mol. The fraction of sp³-hybridized carbons (Fsp3) is 0.333. The smallest absolute Gasteiger partial charge is 0.271 e. The van der Waals surface area contributed by atoms with Crippen LogP contribution in [0.15, 0.2) is 40.6 Å². The van der Waals surface area contributed by atoms with Crippen molar-refractivity contribution in [3.63, 3.8) is 0 Å². The van der Waals surface area contributed by atoms with E-state index in [9.17, 15) is 8.42 Å². The summed E-state index contributed by atoms with van der Waals surface area (Å²) in [5, 5.41) is 3.31. The molecule has 2 aromatic rings. The van der Waals surface area contributed by atoms with Crippen LogP contribution >= 0.6 is 22.9 Å². The van der Waals surface area contributed by atoms with E-state index in [1.165, 1.54) is 18.9 Å². The van der Waals surface area contributed by atoms with Gasteiger partial charge in [-0.3, -0.25) is 4.72 Å². The van der Waals surface area contributed by atoms with Crippen molar-refractivity contribution in [3.8, 4) is 0 Å². The summed E-state index contributed by atoms with van der Waals surface area (Å²) < 4.78 is 27.5. The highest BCUT2D eigenvalue weighted by Crippen LogP contribution is 2.27. The van der Waals surface area contributed by atoms with Gasteiger partial charge in [0.2, 0.25) is 0 Å². The van der Waals surface area contributed by atoms with Crippen molar-refractivity contribution < 1.29 is 8.42 Å². The van der Waals surface area contributed by atoms with Crippen molar-refractivity contribution in [2.45, 2.75) is 30.4 Å². The third kappa shape index (κ3) is 4.90. The van der Waals surface area contributed by atoms with Crippen LogP contribution in [0.25, 0.3) is 0 Å². The second-order valence-corrected chi connectivity index (χ2v) is 8.50. The Morgan fingerprint density at radius 1 is 1.05 bits per heavy atom. The minimum absolute atomic E-state index is 0.208. The second-order valence-electron chi connectivity index (χ2n) is 4.88. The Balaban J connectivity index is 1.96. The number of hydrogen-bond acceptors (Lipinski definition) is 4. The number of anilines is 2. The third-order valence-corrected chi connectivity index (χ3v) is 6.16. The minimum Gasteiger partial charge on any atom is -0.385 e. The number of unbranched alkanes of at least 4 members (excludes halogenated alkanes) is 2. The molecule has 0 radical (unpaired) electrons. The number of benzene rings is 1. The Kier molecular flexibility index (Phi) is 6.11. The van der Waals surface area contributed by atoms with Gasteiger partial charge in [-0.05, 0) is 42.8 Å². The van der Waals surface area contributed by atoms with Gasteiger partial charge in [-0.25, -0.2) is 8.42 Å². The fourth-order valence-corrected chi connectivity index (χ4v) is 4.45. The molecule has 0 unspecified atom stereocenters. The maximum Gasteiger partial charge on any atom is 0.271 e. The van der Waals surface area contributed by atoms with Gasteiger partial charge in [0.05, 0.1) is 4.34 Å². The molecule has 1 heterocycles. The van der Waals surface area contributed by atoms with Crippen LogP contribution in [0.2, 0.25) is 4.34 Å². The lowest BCUT2D eigenvalue weighted by Gasteiger charge is -2.09. The first kappa shape index (κ1) is 17.1. The van der Waals surface area contributed by atoms with Crippen LogP contribution in [0.5, 0.6) is 0 Å². The largest absolute Gasteiger partial charge is 0.385 e. The predicted octanol–water partition coefficient (Wildman–Crippen LogP) is 4.80. The van der Waals surface area contributed by atoms with Crippen LogP contribution in [-0.4, -0.2) is 15.0 Å². The standard InChI is InChI=1S/C15H19ClN2O2S2/c1-2-3-4-11-17-12-5-7-13(8-6-12)18-22(19,20)15-10-9-14(16)21-15/h5-10,17-18H,2-4,11H2,1H3. The molecule has 7 heteroatoms. The van der Waals surface area contributed by atoms with E-state index in [0.717, 1.165) is 30.0 Å². The lowest BCUT2D eigenvalue weighted by atomic mass is 10.2. The van der Waals surface area contributed by atoms with E-state index in [1.807, 2.05) is 12.1 Å². The van der Waals surface area contributed by atoms with Crippen molar-refractivity contribution in [1.82, 2.24) is 0 Å². The summed E-state index contributed by atoms with van der Waals surface area (Å²) in [7, 11) is -3.57. The maximum absolute atomic E-state index is 12.2. The molecule has 1 aromatic heterocycles. The van der Waals surface area contributed by atoms with Gasteiger partial charge >= 0.3 is 0 Å². The predicted molar refractivity (Wildman–Crippen MR) is 94.6 cm³/mol. The van der Waals surface area contributed by atoms with Crippen molar-refractivity contribution in [2.75, 3.05) is 16.6 Å². The second kappa shape index (κ2) is 7.85. The first-order valence-electron chi connectivity index (χ1n) is 7.13. The van der Waals surface area contributed by atoms with Crippen molar-refractivity contribution in [1.29, 1.82) is 0 Å². The van der Waals surface area contributed by atoms with Crippen LogP contribution in [-0.2, 0) is 10.0 Å². The Bertz CT molecular complexity index is 697. The molecule has 4 nitrogen and oxygen atoms in total. The molecule has 0 bridgehead atoms. The van der Waals surface area contributed by atoms with Crippen molar-refractivity contribution in [2.24, 2.45) is 0 Å².